The lowest BCUT2D eigenvalue weighted by molar-refractivity contribution is -0.137. The molecule has 4 heteroatoms. The van der Waals surface area contributed by atoms with Crippen LogP contribution in [0.3, 0.4) is 0 Å². The van der Waals surface area contributed by atoms with Crippen molar-refractivity contribution in [2.24, 2.45) is 0 Å². The minimum absolute atomic E-state index is 0.201. The van der Waals surface area contributed by atoms with Crippen LogP contribution in [0.1, 0.15) is 58.3 Å². The number of carbonyl (C=O) groups is 1. The first-order valence-corrected chi connectivity index (χ1v) is 9.45. The third-order valence-corrected chi connectivity index (χ3v) is 3.60. The van der Waals surface area contributed by atoms with Crippen LogP contribution in [-0.4, -0.2) is 33.5 Å². The molecule has 0 aromatic carbocycles. The Morgan fingerprint density at radius 3 is 2.12 bits per heavy atom. The molecule has 0 amide bonds. The Morgan fingerprint density at radius 2 is 1.50 bits per heavy atom. The van der Waals surface area contributed by atoms with Gasteiger partial charge in [-0.05, 0) is 32.1 Å². The van der Waals surface area contributed by atoms with Gasteiger partial charge < -0.3 is 15.3 Å². The number of unbranched alkanes of at least 4 members (excludes halogenated alkanes) is 2. The second-order valence-electron chi connectivity index (χ2n) is 6.10. The third kappa shape index (κ3) is 18.4. The summed E-state index contributed by atoms with van der Waals surface area (Å²) in [4.78, 5) is 10.4. The highest BCUT2D eigenvalue weighted by atomic mass is 16.4. The maximum absolute atomic E-state index is 10.4. The number of hydrogen-bond donors (Lipinski definition) is 3. The molecular weight excluding hydrogens is 328 g/mol. The SMILES string of the molecule is CCC=CCC(O)C=CC=CCC=CC=CC(O)CCCCCC(=O)O. The molecule has 4 nitrogen and oxygen atoms in total. The molecule has 2 atom stereocenters. The summed E-state index contributed by atoms with van der Waals surface area (Å²) < 4.78 is 0. The van der Waals surface area contributed by atoms with Crippen LogP contribution >= 0.6 is 0 Å². The summed E-state index contributed by atoms with van der Waals surface area (Å²) in [5.41, 5.74) is 0. The van der Waals surface area contributed by atoms with Crippen molar-refractivity contribution in [2.45, 2.75) is 70.5 Å². The summed E-state index contributed by atoms with van der Waals surface area (Å²) in [6.45, 7) is 2.07. The van der Waals surface area contributed by atoms with Gasteiger partial charge in [-0.25, -0.2) is 0 Å². The number of aliphatic carboxylic acids is 1. The molecule has 146 valence electrons. The minimum atomic E-state index is -0.763. The van der Waals surface area contributed by atoms with Crippen LogP contribution in [-0.2, 0) is 4.79 Å². The largest absolute Gasteiger partial charge is 0.481 e. The van der Waals surface area contributed by atoms with E-state index in [1.165, 1.54) is 0 Å². The highest BCUT2D eigenvalue weighted by Gasteiger charge is 2.00. The molecule has 2 unspecified atom stereocenters. The van der Waals surface area contributed by atoms with Gasteiger partial charge in [0.1, 0.15) is 0 Å². The summed E-state index contributed by atoms with van der Waals surface area (Å²) in [6.07, 6.45) is 23.7. The molecule has 0 saturated carbocycles. The molecular formula is C22H34O4. The first kappa shape index (κ1) is 24.1. The first-order chi connectivity index (χ1) is 12.6. The van der Waals surface area contributed by atoms with E-state index in [9.17, 15) is 15.0 Å². The molecule has 0 bridgehead atoms. The normalized spacial score (nSPS) is 15.2. The highest BCUT2D eigenvalue weighted by Crippen LogP contribution is 2.07. The lowest BCUT2D eigenvalue weighted by Crippen LogP contribution is -2.01. The topological polar surface area (TPSA) is 77.8 Å². The number of carboxylic acids is 1. The molecule has 0 aliphatic heterocycles. The number of aliphatic hydroxyl groups excluding tert-OH is 2. The van der Waals surface area contributed by atoms with Crippen molar-refractivity contribution < 1.29 is 20.1 Å². The Labute approximate surface area is 157 Å². The summed E-state index contributed by atoms with van der Waals surface area (Å²) in [5.74, 6) is -0.763. The Morgan fingerprint density at radius 1 is 0.846 bits per heavy atom. The summed E-state index contributed by atoms with van der Waals surface area (Å²) in [7, 11) is 0. The summed E-state index contributed by atoms with van der Waals surface area (Å²) >= 11 is 0. The zero-order valence-corrected chi connectivity index (χ0v) is 15.8. The van der Waals surface area contributed by atoms with Crippen LogP contribution in [0.5, 0.6) is 0 Å². The molecule has 0 aliphatic carbocycles. The van der Waals surface area contributed by atoms with Crippen molar-refractivity contribution in [3.05, 3.63) is 60.8 Å². The van der Waals surface area contributed by atoms with Gasteiger partial charge in [-0.3, -0.25) is 4.79 Å². The predicted octanol–water partition coefficient (Wildman–Crippen LogP) is 4.71. The zero-order chi connectivity index (χ0) is 19.5. The number of carboxylic acid groups (broad SMARTS) is 1. The fourth-order valence-electron chi connectivity index (χ4n) is 2.16. The van der Waals surface area contributed by atoms with Gasteiger partial charge in [0.05, 0.1) is 12.2 Å². The molecule has 0 heterocycles. The molecule has 3 N–H and O–H groups in total. The van der Waals surface area contributed by atoms with E-state index in [1.54, 1.807) is 12.2 Å². The molecule has 0 rings (SSSR count). The van der Waals surface area contributed by atoms with E-state index in [2.05, 4.69) is 6.92 Å². The Balaban J connectivity index is 3.76. The summed E-state index contributed by atoms with van der Waals surface area (Å²) in [6, 6.07) is 0. The predicted molar refractivity (Wildman–Crippen MR) is 108 cm³/mol. The van der Waals surface area contributed by atoms with E-state index < -0.39 is 18.2 Å². The van der Waals surface area contributed by atoms with Gasteiger partial charge in [-0.15, -0.1) is 0 Å². The molecule has 0 aromatic rings. The van der Waals surface area contributed by atoms with Crippen molar-refractivity contribution in [1.82, 2.24) is 0 Å². The van der Waals surface area contributed by atoms with E-state index in [0.717, 1.165) is 25.7 Å². The fourth-order valence-corrected chi connectivity index (χ4v) is 2.16. The van der Waals surface area contributed by atoms with Gasteiger partial charge in [-0.2, -0.15) is 0 Å². The van der Waals surface area contributed by atoms with Crippen LogP contribution in [0, 0.1) is 0 Å². The fraction of sp³-hybridized carbons (Fsp3) is 0.500. The van der Waals surface area contributed by atoms with E-state index in [0.29, 0.717) is 19.3 Å². The number of allylic oxidation sites excluding steroid dienone is 7. The first-order valence-electron chi connectivity index (χ1n) is 9.45. The van der Waals surface area contributed by atoms with Crippen molar-refractivity contribution in [2.75, 3.05) is 0 Å². The Kier molecular flexibility index (Phi) is 16.6. The van der Waals surface area contributed by atoms with Crippen molar-refractivity contribution in [1.29, 1.82) is 0 Å². The lowest BCUT2D eigenvalue weighted by atomic mass is 10.1. The van der Waals surface area contributed by atoms with Gasteiger partial charge in [0.2, 0.25) is 0 Å². The Hall–Kier alpha value is -1.91. The van der Waals surface area contributed by atoms with Crippen LogP contribution < -0.4 is 0 Å². The number of rotatable bonds is 15. The smallest absolute Gasteiger partial charge is 0.303 e. The number of aliphatic hydroxyl groups is 2. The maximum atomic E-state index is 10.4. The van der Waals surface area contributed by atoms with E-state index in [1.807, 2.05) is 48.6 Å². The van der Waals surface area contributed by atoms with Crippen molar-refractivity contribution in [3.8, 4) is 0 Å². The standard InChI is InChI=1S/C22H34O4/c1-2-3-10-15-20(23)16-11-7-5-4-6-8-12-17-21(24)18-13-9-14-19-22(25)26/h3,5-8,10-12,16-17,20-21,23-24H,2,4,9,13-15,18-19H2,1H3,(H,25,26). The molecule has 26 heavy (non-hydrogen) atoms. The molecule has 0 saturated heterocycles. The average molecular weight is 363 g/mol. The Bertz CT molecular complexity index is 486. The monoisotopic (exact) mass is 362 g/mol. The van der Waals surface area contributed by atoms with E-state index >= 15 is 0 Å². The minimum Gasteiger partial charge on any atom is -0.481 e. The van der Waals surface area contributed by atoms with Crippen molar-refractivity contribution in [3.63, 3.8) is 0 Å². The van der Waals surface area contributed by atoms with Gasteiger partial charge in [-0.1, -0.05) is 80.5 Å². The molecule has 0 radical (unpaired) electrons. The molecule has 0 fully saturated rings. The van der Waals surface area contributed by atoms with Crippen LogP contribution in [0.4, 0.5) is 0 Å². The highest BCUT2D eigenvalue weighted by molar-refractivity contribution is 5.66. The third-order valence-electron chi connectivity index (χ3n) is 3.60. The van der Waals surface area contributed by atoms with Crippen molar-refractivity contribution >= 4 is 5.97 Å². The van der Waals surface area contributed by atoms with Gasteiger partial charge in [0.15, 0.2) is 0 Å². The van der Waals surface area contributed by atoms with Gasteiger partial charge >= 0.3 is 5.97 Å². The molecule has 0 aromatic heterocycles. The van der Waals surface area contributed by atoms with Crippen LogP contribution in [0.25, 0.3) is 0 Å². The van der Waals surface area contributed by atoms with Crippen LogP contribution in [0.2, 0.25) is 0 Å². The lowest BCUT2D eigenvalue weighted by Gasteiger charge is -2.03. The molecule has 0 spiro atoms. The number of hydrogen-bond acceptors (Lipinski definition) is 3. The second kappa shape index (κ2) is 17.9. The van der Waals surface area contributed by atoms with E-state index in [-0.39, 0.29) is 6.42 Å². The average Bonchev–Trinajstić information content (AvgIpc) is 2.60. The van der Waals surface area contributed by atoms with Gasteiger partial charge in [0, 0.05) is 6.42 Å². The van der Waals surface area contributed by atoms with Gasteiger partial charge in [0.25, 0.3) is 0 Å². The van der Waals surface area contributed by atoms with E-state index in [4.69, 9.17) is 5.11 Å². The quantitative estimate of drug-likeness (QED) is 0.224. The molecule has 0 aliphatic rings. The van der Waals surface area contributed by atoms with Crippen LogP contribution in [0.15, 0.2) is 60.8 Å². The summed E-state index contributed by atoms with van der Waals surface area (Å²) in [5, 5.41) is 28.0. The second-order valence-corrected chi connectivity index (χ2v) is 6.10. The maximum Gasteiger partial charge on any atom is 0.303 e. The zero-order valence-electron chi connectivity index (χ0n) is 15.8.